The number of aliphatic hydroxyl groups excluding tert-OH is 1. The lowest BCUT2D eigenvalue weighted by Crippen LogP contribution is -2.62. The van der Waals surface area contributed by atoms with Gasteiger partial charge in [-0.3, -0.25) is 95.9 Å². The van der Waals surface area contributed by atoms with Crippen molar-refractivity contribution in [3.8, 4) is 0 Å². The minimum Gasteiger partial charge on any atom is -0.481 e. The molecule has 0 saturated carbocycles. The van der Waals surface area contributed by atoms with Crippen LogP contribution < -0.4 is 91.6 Å². The van der Waals surface area contributed by atoms with Crippen LogP contribution in [0.4, 0.5) is 5.69 Å². The third kappa shape index (κ3) is 35.1. The number of benzene rings is 3. The molecule has 0 aliphatic carbocycles. The summed E-state index contributed by atoms with van der Waals surface area (Å²) in [6.45, 7) is 0.849. The maximum atomic E-state index is 15.0. The van der Waals surface area contributed by atoms with E-state index in [2.05, 4.69) is 70.4 Å². The number of rotatable bonds is 39. The van der Waals surface area contributed by atoms with Crippen LogP contribution >= 0.6 is 0 Å². The second kappa shape index (κ2) is 51.8. The number of carboxylic acids is 4. The van der Waals surface area contributed by atoms with E-state index in [1.165, 1.54) is 24.3 Å². The number of Topliss-reactive ketones (excluding diaryl/α,β-unsaturated/α-hetero) is 1. The van der Waals surface area contributed by atoms with E-state index >= 15 is 0 Å². The monoisotopic (exact) mass is 1770 g/mol. The van der Waals surface area contributed by atoms with Crippen LogP contribution in [0.2, 0.25) is 0 Å². The summed E-state index contributed by atoms with van der Waals surface area (Å²) in [5.41, 5.74) is 19.2. The molecular formula is C81H110N18O27. The van der Waals surface area contributed by atoms with Crippen molar-refractivity contribution in [2.75, 3.05) is 32.0 Å². The van der Waals surface area contributed by atoms with Crippen LogP contribution in [0.3, 0.4) is 0 Å². The zero-order chi connectivity index (χ0) is 93.4. The fraction of sp³-hybridized carbons (Fsp3) is 0.494. The number of nitrogen functional groups attached to an aromatic ring is 1. The number of aliphatic carboxylic acids is 4. The smallest absolute Gasteiger partial charge is 0.329 e. The van der Waals surface area contributed by atoms with Crippen molar-refractivity contribution in [2.24, 2.45) is 17.4 Å². The Balaban J connectivity index is 1.63. The fourth-order valence-corrected chi connectivity index (χ4v) is 13.0. The minimum atomic E-state index is -2.50. The third-order valence-electron chi connectivity index (χ3n) is 19.8. The first kappa shape index (κ1) is 103. The number of amides is 15. The summed E-state index contributed by atoms with van der Waals surface area (Å²) in [5.74, 6) is -31.0. The molecule has 1 aliphatic heterocycles. The molecule has 0 radical (unpaired) electrons. The number of cyclic esters (lactones) is 1. The number of aliphatic hydroxyl groups is 1. The summed E-state index contributed by atoms with van der Waals surface area (Å²) in [6, 6.07) is -3.69. The van der Waals surface area contributed by atoms with Gasteiger partial charge >= 0.3 is 29.8 Å². The molecule has 1 aromatic heterocycles. The van der Waals surface area contributed by atoms with Gasteiger partial charge < -0.3 is 127 Å². The second-order valence-corrected chi connectivity index (χ2v) is 30.0. The number of unbranched alkanes of at least 4 members (excludes halogenated alkanes) is 6. The van der Waals surface area contributed by atoms with Crippen LogP contribution in [-0.2, 0) is 113 Å². The van der Waals surface area contributed by atoms with Gasteiger partial charge in [0.2, 0.25) is 88.6 Å². The van der Waals surface area contributed by atoms with Gasteiger partial charge in [-0.1, -0.05) is 113 Å². The van der Waals surface area contributed by atoms with Gasteiger partial charge in [0, 0.05) is 54.2 Å². The van der Waals surface area contributed by atoms with Crippen molar-refractivity contribution in [2.45, 2.75) is 222 Å². The molecule has 1 saturated heterocycles. The van der Waals surface area contributed by atoms with Gasteiger partial charge in [-0.25, -0.2) is 4.79 Å². The summed E-state index contributed by atoms with van der Waals surface area (Å²) >= 11 is 0. The highest BCUT2D eigenvalue weighted by Crippen LogP contribution is 2.22. The van der Waals surface area contributed by atoms with Gasteiger partial charge in [-0.15, -0.1) is 0 Å². The van der Waals surface area contributed by atoms with E-state index in [1.54, 1.807) is 60.8 Å². The van der Waals surface area contributed by atoms with Crippen molar-refractivity contribution in [3.63, 3.8) is 0 Å². The summed E-state index contributed by atoms with van der Waals surface area (Å²) in [7, 11) is 0. The van der Waals surface area contributed by atoms with Crippen LogP contribution in [0.5, 0.6) is 0 Å². The number of aromatic nitrogens is 1. The predicted octanol–water partition coefficient (Wildman–Crippen LogP) is -4.89. The van der Waals surface area contributed by atoms with E-state index in [-0.39, 0.29) is 43.5 Å². The lowest BCUT2D eigenvalue weighted by atomic mass is 9.96. The molecule has 0 bridgehead atoms. The molecule has 0 spiro atoms. The molecule has 15 amide bonds. The Bertz CT molecular complexity index is 4580. The van der Waals surface area contributed by atoms with E-state index < -0.39 is 273 Å². The van der Waals surface area contributed by atoms with Gasteiger partial charge in [0.1, 0.15) is 72.6 Å². The third-order valence-corrected chi connectivity index (χ3v) is 19.8. The number of hydrogen-bond donors (Lipinski definition) is 23. The van der Waals surface area contributed by atoms with Crippen molar-refractivity contribution >= 4 is 141 Å². The molecule has 126 heavy (non-hydrogen) atoms. The number of carbonyl (C=O) groups excluding carboxylic acids is 17. The highest BCUT2D eigenvalue weighted by atomic mass is 16.5. The number of esters is 1. The minimum absolute atomic E-state index is 0.0315. The van der Waals surface area contributed by atoms with Gasteiger partial charge in [0.15, 0.2) is 5.78 Å². The number of ether oxygens (including phenoxy) is 1. The summed E-state index contributed by atoms with van der Waals surface area (Å²) in [6.07, 6.45) is -2.89. The van der Waals surface area contributed by atoms with Crippen LogP contribution in [0.1, 0.15) is 152 Å². The van der Waals surface area contributed by atoms with Crippen molar-refractivity contribution in [1.82, 2.24) is 79.4 Å². The number of fused-ring (bicyclic) bond motifs is 1. The van der Waals surface area contributed by atoms with Crippen LogP contribution in [0, 0.1) is 5.92 Å². The van der Waals surface area contributed by atoms with E-state index in [0.29, 0.717) is 34.9 Å². The van der Waals surface area contributed by atoms with E-state index in [1.807, 2.05) is 16.0 Å². The Morgan fingerprint density at radius 3 is 1.69 bits per heavy atom. The highest BCUT2D eigenvalue weighted by molar-refractivity contribution is 6.05. The fourth-order valence-electron chi connectivity index (χ4n) is 13.0. The lowest BCUT2D eigenvalue weighted by molar-refractivity contribution is -0.156. The number of nitrogens with one attached hydrogen (secondary N) is 15. The lowest BCUT2D eigenvalue weighted by Gasteiger charge is -2.30. The van der Waals surface area contributed by atoms with E-state index in [0.717, 1.165) is 52.9 Å². The maximum Gasteiger partial charge on any atom is 0.329 e. The number of nitrogens with two attached hydrogens (primary N) is 3. The number of aromatic amines is 1. The number of carbonyl (C=O) groups is 21. The summed E-state index contributed by atoms with van der Waals surface area (Å²) < 4.78 is 5.73. The molecule has 14 unspecified atom stereocenters. The number of anilines is 1. The van der Waals surface area contributed by atoms with Gasteiger partial charge in [-0.2, -0.15) is 0 Å². The molecule has 1 fully saturated rings. The molecular weight excluding hydrogens is 1660 g/mol. The Morgan fingerprint density at radius 1 is 0.524 bits per heavy atom. The zero-order valence-corrected chi connectivity index (χ0v) is 69.7. The van der Waals surface area contributed by atoms with Gasteiger partial charge in [0.25, 0.3) is 0 Å². The average Bonchev–Trinajstić information content (AvgIpc) is 1.28. The van der Waals surface area contributed by atoms with E-state index in [4.69, 9.17) is 21.9 Å². The Labute approximate surface area is 721 Å². The van der Waals surface area contributed by atoms with Crippen LogP contribution in [-0.4, -0.2) is 260 Å². The molecule has 5 rings (SSSR count). The molecule has 26 N–H and O–H groups in total. The number of ketones is 1. The first-order chi connectivity index (χ1) is 59.7. The first-order valence-electron chi connectivity index (χ1n) is 40.5. The topological polar surface area (TPSA) is 731 Å². The van der Waals surface area contributed by atoms with Crippen LogP contribution in [0.25, 0.3) is 10.9 Å². The molecule has 1 aliphatic rings. The number of hydrogen-bond acceptors (Lipinski definition) is 25. The standard InChI is InChI=1S/C81H110N18O27/c1-5-6-7-8-9-10-14-27-61(103)91-52(31-45-37-86-50-25-18-16-22-46(45)50)75(119)94-53(33-60(84)102)76(120)96-56(36-67(112)113)77(121)99-69-43(4)126-81(125)57(32-59(101)47-23-15-17-24-48(47)82)97-80(124)68(41(2)29-64(106)107)98-78(122)58(40-100)92-63(105)38-87-72(116)54(34-65(108)109)93-70(114)42(3)89-74(118)55(35-66(110)111)95-73(117)51(90-62(104)39-88-79(69)123)26-19-28-85-71(115)49(83)30-44-20-12-11-13-21-44/h11-13,15-18,20-25,37,41-43,49,51-58,68-69,86,100H,5-10,14,19,26-36,38-40,82-83H2,1-4H3,(H2,84,102)(H,85,115)(H,87,116)(H,88,123)(H,89,118)(H,90,104)(H,91,103)(H,92,105)(H,93,114)(H,94,119)(H,95,117)(H,96,120)(H,97,124)(H,98,122)(H,99,121)(H,106,107)(H,108,109)(H,110,111)(H,112,113). The number of para-hydroxylation sites is 2. The number of primary amides is 1. The van der Waals surface area contributed by atoms with Crippen molar-refractivity contribution in [1.29, 1.82) is 0 Å². The molecule has 45 heteroatoms. The maximum absolute atomic E-state index is 15.0. The summed E-state index contributed by atoms with van der Waals surface area (Å²) in [4.78, 5) is 293. The molecule has 4 aromatic rings. The Morgan fingerprint density at radius 2 is 1.07 bits per heavy atom. The normalized spacial score (nSPS) is 20.5. The predicted molar refractivity (Wildman–Crippen MR) is 442 cm³/mol. The molecule has 3 aromatic carbocycles. The molecule has 2 heterocycles. The quantitative estimate of drug-likeness (QED) is 0.00862. The zero-order valence-electron chi connectivity index (χ0n) is 69.7. The van der Waals surface area contributed by atoms with Gasteiger partial charge in [0.05, 0.1) is 57.8 Å². The SMILES string of the molecule is CCCCCCCCCC(=O)NC(Cc1c[nH]c2ccccc12)C(=O)NC(CC(N)=O)C(=O)NC(CC(=O)O)C(=O)NC1C(=O)NCC(=O)NC(CCCNC(=O)C(N)Cc2ccccc2)C(=O)NC(CC(=O)O)C(=O)NC(C)C(=O)NC(CC(=O)O)C(=O)NCC(=O)NC(CO)C(=O)NC(C(C)CC(=O)O)C(=O)NC(CC(=O)c2ccccc2N)C(=O)OC1C. The Kier molecular flexibility index (Phi) is 42.2. The molecule has 45 nitrogen and oxygen atoms in total. The molecule has 14 atom stereocenters. The van der Waals surface area contributed by atoms with Crippen molar-refractivity contribution in [3.05, 3.63) is 102 Å². The number of carboxylic acid groups (broad SMARTS) is 4. The molecule has 686 valence electrons. The van der Waals surface area contributed by atoms with Gasteiger partial charge in [-0.05, 0) is 74.8 Å². The number of H-pyrrole nitrogens is 1. The Hall–Kier alpha value is -14.0. The van der Waals surface area contributed by atoms with E-state index in [9.17, 15) is 126 Å². The highest BCUT2D eigenvalue weighted by Gasteiger charge is 2.41. The first-order valence-corrected chi connectivity index (χ1v) is 40.5. The second-order valence-electron chi connectivity index (χ2n) is 30.0. The van der Waals surface area contributed by atoms with Crippen LogP contribution in [0.15, 0.2) is 85.1 Å². The van der Waals surface area contributed by atoms with Crippen molar-refractivity contribution < 1.29 is 131 Å². The average molecular weight is 1770 g/mol. The largest absolute Gasteiger partial charge is 0.481 e. The summed E-state index contributed by atoms with van der Waals surface area (Å²) in [5, 5.41) is 81.8.